The number of halogens is 1. The smallest absolute Gasteiger partial charge is 0.129 e. The number of unbranched alkanes of at least 4 members (excludes halogenated alkanes) is 8. The van der Waals surface area contributed by atoms with Crippen molar-refractivity contribution in [1.82, 2.24) is 0 Å². The third kappa shape index (κ3) is 14.0. The summed E-state index contributed by atoms with van der Waals surface area (Å²) in [5.41, 5.74) is 0. The summed E-state index contributed by atoms with van der Waals surface area (Å²) in [4.78, 5) is 10.7. The minimum atomic E-state index is 0.330. The third-order valence-corrected chi connectivity index (χ3v) is 2.93. The van der Waals surface area contributed by atoms with Crippen molar-refractivity contribution in [3.05, 3.63) is 0 Å². The highest BCUT2D eigenvalue weighted by Gasteiger charge is 1.94. The van der Waals surface area contributed by atoms with Crippen molar-refractivity contribution < 1.29 is 4.79 Å². The van der Waals surface area contributed by atoms with E-state index >= 15 is 0 Å². The van der Waals surface area contributed by atoms with Crippen molar-refractivity contribution in [2.24, 2.45) is 0 Å². The zero-order valence-corrected chi connectivity index (χ0v) is 10.8. The van der Waals surface area contributed by atoms with E-state index in [4.69, 9.17) is 11.6 Å². The second kappa shape index (κ2) is 12.0. The quantitative estimate of drug-likeness (QED) is 0.372. The number of carbonyl (C=O) groups excluding carboxylic acids is 1. The fourth-order valence-corrected chi connectivity index (χ4v) is 1.89. The van der Waals surface area contributed by atoms with Gasteiger partial charge in [-0.1, -0.05) is 44.9 Å². The van der Waals surface area contributed by atoms with E-state index in [2.05, 4.69) is 0 Å². The summed E-state index contributed by atoms with van der Waals surface area (Å²) in [6.45, 7) is 1.68. The van der Waals surface area contributed by atoms with Crippen LogP contribution in [0.3, 0.4) is 0 Å². The number of ketones is 1. The average molecular weight is 233 g/mol. The maximum absolute atomic E-state index is 10.7. The summed E-state index contributed by atoms with van der Waals surface area (Å²) >= 11 is 5.60. The maximum Gasteiger partial charge on any atom is 0.129 e. The minimum absolute atomic E-state index is 0.330. The van der Waals surface area contributed by atoms with E-state index in [1.165, 1.54) is 51.4 Å². The molecule has 0 bridgehead atoms. The van der Waals surface area contributed by atoms with Gasteiger partial charge in [0.25, 0.3) is 0 Å². The predicted octanol–water partition coefficient (Wildman–Crippen LogP) is 4.72. The van der Waals surface area contributed by atoms with Crippen molar-refractivity contribution in [2.75, 3.05) is 5.88 Å². The monoisotopic (exact) mass is 232 g/mol. The van der Waals surface area contributed by atoms with Gasteiger partial charge in [-0.15, -0.1) is 11.6 Å². The van der Waals surface area contributed by atoms with Gasteiger partial charge in [-0.3, -0.25) is 0 Å². The second-order valence-corrected chi connectivity index (χ2v) is 4.70. The van der Waals surface area contributed by atoms with Gasteiger partial charge in [0.05, 0.1) is 0 Å². The Kier molecular flexibility index (Phi) is 12.0. The number of hydrogen-bond donors (Lipinski definition) is 0. The molecule has 0 fully saturated rings. The van der Waals surface area contributed by atoms with Gasteiger partial charge in [-0.05, 0) is 19.8 Å². The molecule has 0 aliphatic rings. The van der Waals surface area contributed by atoms with E-state index in [-0.39, 0.29) is 0 Å². The van der Waals surface area contributed by atoms with Gasteiger partial charge in [-0.2, -0.15) is 0 Å². The molecule has 0 saturated heterocycles. The highest BCUT2D eigenvalue weighted by Crippen LogP contribution is 2.10. The fourth-order valence-electron chi connectivity index (χ4n) is 1.71. The molecule has 2 heteroatoms. The fraction of sp³-hybridized carbons (Fsp3) is 0.923. The van der Waals surface area contributed by atoms with Crippen molar-refractivity contribution in [3.8, 4) is 0 Å². The molecule has 1 nitrogen and oxygen atoms in total. The highest BCUT2D eigenvalue weighted by molar-refractivity contribution is 6.17. The lowest BCUT2D eigenvalue weighted by Crippen LogP contribution is -1.89. The Hall–Kier alpha value is -0.0400. The lowest BCUT2D eigenvalue weighted by atomic mass is 10.1. The summed E-state index contributed by atoms with van der Waals surface area (Å²) in [7, 11) is 0. The van der Waals surface area contributed by atoms with Gasteiger partial charge in [-0.25, -0.2) is 0 Å². The molecule has 0 aliphatic carbocycles. The average Bonchev–Trinajstić information content (AvgIpc) is 2.20. The molecule has 0 atom stereocenters. The molecule has 0 aromatic rings. The van der Waals surface area contributed by atoms with Crippen molar-refractivity contribution in [3.63, 3.8) is 0 Å². The number of Topliss-reactive ketones (excluding diaryl/α,β-unsaturated/α-hetero) is 1. The Morgan fingerprint density at radius 1 is 0.800 bits per heavy atom. The van der Waals surface area contributed by atoms with Crippen LogP contribution in [0.1, 0.15) is 71.1 Å². The molecule has 0 aromatic carbocycles. The van der Waals surface area contributed by atoms with Crippen molar-refractivity contribution >= 4 is 17.4 Å². The maximum atomic E-state index is 10.7. The van der Waals surface area contributed by atoms with Crippen LogP contribution in [0.5, 0.6) is 0 Å². The minimum Gasteiger partial charge on any atom is -0.300 e. The lowest BCUT2D eigenvalue weighted by molar-refractivity contribution is -0.117. The Morgan fingerprint density at radius 2 is 1.20 bits per heavy atom. The van der Waals surface area contributed by atoms with E-state index in [0.717, 1.165) is 18.7 Å². The molecule has 0 unspecified atom stereocenters. The van der Waals surface area contributed by atoms with Crippen LogP contribution in [0.15, 0.2) is 0 Å². The number of carbonyl (C=O) groups is 1. The Bertz CT molecular complexity index is 145. The SMILES string of the molecule is CC(=O)CCCCCCCCCCCCl. The molecule has 0 aliphatic heterocycles. The lowest BCUT2D eigenvalue weighted by Gasteiger charge is -2.01. The van der Waals surface area contributed by atoms with E-state index in [0.29, 0.717) is 5.78 Å². The topological polar surface area (TPSA) is 17.1 Å². The molecule has 0 aromatic heterocycles. The van der Waals surface area contributed by atoms with E-state index in [9.17, 15) is 4.79 Å². The first-order valence-electron chi connectivity index (χ1n) is 6.32. The van der Waals surface area contributed by atoms with Crippen LogP contribution in [0.4, 0.5) is 0 Å². The largest absolute Gasteiger partial charge is 0.300 e. The Labute approximate surface area is 99.6 Å². The van der Waals surface area contributed by atoms with Crippen molar-refractivity contribution in [1.29, 1.82) is 0 Å². The van der Waals surface area contributed by atoms with Gasteiger partial charge < -0.3 is 4.79 Å². The zero-order valence-electron chi connectivity index (χ0n) is 10.1. The molecule has 0 N–H and O–H groups in total. The van der Waals surface area contributed by atoms with Gasteiger partial charge in [0.1, 0.15) is 5.78 Å². The summed E-state index contributed by atoms with van der Waals surface area (Å²) < 4.78 is 0. The van der Waals surface area contributed by atoms with E-state index in [1.807, 2.05) is 0 Å². The van der Waals surface area contributed by atoms with Crippen LogP contribution in [0.25, 0.3) is 0 Å². The zero-order chi connectivity index (χ0) is 11.4. The summed E-state index contributed by atoms with van der Waals surface area (Å²) in [5.74, 6) is 1.14. The van der Waals surface area contributed by atoms with Crippen LogP contribution in [-0.2, 0) is 4.79 Å². The molecule has 90 valence electrons. The number of alkyl halides is 1. The molecule has 0 amide bonds. The first-order valence-corrected chi connectivity index (χ1v) is 6.86. The number of rotatable bonds is 11. The molecule has 0 heterocycles. The molecule has 0 spiro atoms. The van der Waals surface area contributed by atoms with Gasteiger partial charge >= 0.3 is 0 Å². The van der Waals surface area contributed by atoms with Crippen LogP contribution in [0.2, 0.25) is 0 Å². The summed E-state index contributed by atoms with van der Waals surface area (Å²) in [5, 5.41) is 0. The van der Waals surface area contributed by atoms with Crippen LogP contribution < -0.4 is 0 Å². The highest BCUT2D eigenvalue weighted by atomic mass is 35.5. The summed E-state index contributed by atoms with van der Waals surface area (Å²) in [6.07, 6.45) is 12.2. The first-order chi connectivity index (χ1) is 7.27. The van der Waals surface area contributed by atoms with Crippen LogP contribution in [-0.4, -0.2) is 11.7 Å². The summed E-state index contributed by atoms with van der Waals surface area (Å²) in [6, 6.07) is 0. The molecule has 15 heavy (non-hydrogen) atoms. The molecular formula is C13H25ClO. The first kappa shape index (κ1) is 15.0. The van der Waals surface area contributed by atoms with Gasteiger partial charge in [0.15, 0.2) is 0 Å². The normalized spacial score (nSPS) is 10.5. The van der Waals surface area contributed by atoms with Crippen molar-refractivity contribution in [2.45, 2.75) is 71.1 Å². The van der Waals surface area contributed by atoms with E-state index in [1.54, 1.807) is 6.92 Å². The molecular weight excluding hydrogens is 208 g/mol. The van der Waals surface area contributed by atoms with Crippen LogP contribution >= 0.6 is 11.6 Å². The van der Waals surface area contributed by atoms with Gasteiger partial charge in [0.2, 0.25) is 0 Å². The molecule has 0 radical (unpaired) electrons. The number of hydrogen-bond acceptors (Lipinski definition) is 1. The predicted molar refractivity (Wildman–Crippen MR) is 67.6 cm³/mol. The molecule has 0 saturated carbocycles. The second-order valence-electron chi connectivity index (χ2n) is 4.32. The Balaban J connectivity index is 2.89. The third-order valence-electron chi connectivity index (χ3n) is 2.66. The van der Waals surface area contributed by atoms with Crippen LogP contribution in [0, 0.1) is 0 Å². The molecule has 0 rings (SSSR count). The van der Waals surface area contributed by atoms with Gasteiger partial charge in [0, 0.05) is 12.3 Å². The standard InChI is InChI=1S/C13H25ClO/c1-13(15)11-9-7-5-3-2-4-6-8-10-12-14/h2-12H2,1H3. The van der Waals surface area contributed by atoms with E-state index < -0.39 is 0 Å². The Morgan fingerprint density at radius 3 is 1.60 bits per heavy atom.